The number of rotatable bonds is 5. The fraction of sp³-hybridized carbons (Fsp3) is 0.375. The minimum atomic E-state index is -0.433. The van der Waals surface area contributed by atoms with Crippen LogP contribution in [0.25, 0.3) is 0 Å². The summed E-state index contributed by atoms with van der Waals surface area (Å²) in [4.78, 5) is 23.1. The SMILES string of the molecule is Cl.Cn1cc([C@H]2CNC[C@@H]2C(=O)NCc2ccccc2[N+](=O)[O-])cn1. The van der Waals surface area contributed by atoms with Crippen LogP contribution in [0.1, 0.15) is 17.0 Å². The van der Waals surface area contributed by atoms with E-state index in [4.69, 9.17) is 0 Å². The molecule has 1 fully saturated rings. The van der Waals surface area contributed by atoms with E-state index in [0.717, 1.165) is 12.1 Å². The highest BCUT2D eigenvalue weighted by Gasteiger charge is 2.34. The normalized spacial score (nSPS) is 19.2. The van der Waals surface area contributed by atoms with Gasteiger partial charge in [0, 0.05) is 50.4 Å². The van der Waals surface area contributed by atoms with Gasteiger partial charge in [0.1, 0.15) is 0 Å². The number of carbonyl (C=O) groups excluding carboxylic acids is 1. The monoisotopic (exact) mass is 365 g/mol. The Morgan fingerprint density at radius 1 is 1.44 bits per heavy atom. The topological polar surface area (TPSA) is 102 Å². The zero-order valence-electron chi connectivity index (χ0n) is 13.7. The van der Waals surface area contributed by atoms with E-state index in [2.05, 4.69) is 15.7 Å². The molecule has 0 radical (unpaired) electrons. The van der Waals surface area contributed by atoms with Gasteiger partial charge in [-0.2, -0.15) is 5.10 Å². The van der Waals surface area contributed by atoms with E-state index in [-0.39, 0.29) is 42.4 Å². The molecule has 2 N–H and O–H groups in total. The number of hydrogen-bond donors (Lipinski definition) is 2. The average Bonchev–Trinajstić information content (AvgIpc) is 3.21. The highest BCUT2D eigenvalue weighted by atomic mass is 35.5. The van der Waals surface area contributed by atoms with E-state index in [1.54, 1.807) is 29.1 Å². The van der Waals surface area contributed by atoms with E-state index in [9.17, 15) is 14.9 Å². The average molecular weight is 366 g/mol. The van der Waals surface area contributed by atoms with Crippen molar-refractivity contribution in [2.75, 3.05) is 13.1 Å². The zero-order chi connectivity index (χ0) is 17.1. The van der Waals surface area contributed by atoms with Crippen molar-refractivity contribution >= 4 is 24.0 Å². The molecule has 25 heavy (non-hydrogen) atoms. The molecule has 0 saturated carbocycles. The van der Waals surface area contributed by atoms with E-state index in [0.29, 0.717) is 12.1 Å². The Hall–Kier alpha value is -2.45. The molecule has 1 amide bonds. The Morgan fingerprint density at radius 2 is 2.20 bits per heavy atom. The second-order valence-electron chi connectivity index (χ2n) is 5.92. The fourth-order valence-electron chi connectivity index (χ4n) is 3.09. The van der Waals surface area contributed by atoms with Gasteiger partial charge in [-0.3, -0.25) is 19.6 Å². The van der Waals surface area contributed by atoms with Gasteiger partial charge < -0.3 is 10.6 Å². The third kappa shape index (κ3) is 4.15. The van der Waals surface area contributed by atoms with Gasteiger partial charge in [-0.15, -0.1) is 12.4 Å². The standard InChI is InChI=1S/C16H19N5O3.ClH/c1-20-10-12(7-19-20)13-8-17-9-14(13)16(22)18-6-11-4-2-3-5-15(11)21(23)24;/h2-5,7,10,13-14,17H,6,8-9H2,1H3,(H,18,22);1H/t13-,14+;/m1./s1. The van der Waals surface area contributed by atoms with Crippen LogP contribution in [0.5, 0.6) is 0 Å². The molecule has 3 rings (SSSR count). The number of para-hydroxylation sites is 1. The number of aryl methyl sites for hydroxylation is 1. The van der Waals surface area contributed by atoms with Crippen molar-refractivity contribution in [1.82, 2.24) is 20.4 Å². The number of nitrogens with zero attached hydrogens (tertiary/aromatic N) is 3. The van der Waals surface area contributed by atoms with Crippen molar-refractivity contribution in [3.8, 4) is 0 Å². The van der Waals surface area contributed by atoms with Crippen molar-refractivity contribution in [2.24, 2.45) is 13.0 Å². The molecular formula is C16H20ClN5O3. The van der Waals surface area contributed by atoms with Crippen molar-refractivity contribution in [3.63, 3.8) is 0 Å². The number of carbonyl (C=O) groups is 1. The number of benzene rings is 1. The molecule has 9 heteroatoms. The summed E-state index contributed by atoms with van der Waals surface area (Å²) in [5, 5.41) is 21.3. The Balaban J connectivity index is 0.00000225. The molecule has 2 heterocycles. The van der Waals surface area contributed by atoms with Gasteiger partial charge in [-0.05, 0) is 5.56 Å². The highest BCUT2D eigenvalue weighted by molar-refractivity contribution is 5.85. The number of aromatic nitrogens is 2. The third-order valence-corrected chi connectivity index (χ3v) is 4.35. The molecule has 0 bridgehead atoms. The first kappa shape index (κ1) is 18.9. The summed E-state index contributed by atoms with van der Waals surface area (Å²) in [5.41, 5.74) is 1.54. The summed E-state index contributed by atoms with van der Waals surface area (Å²) >= 11 is 0. The predicted octanol–water partition coefficient (Wildman–Crippen LogP) is 1.37. The Labute approximate surface area is 151 Å². The molecule has 1 aliphatic heterocycles. The number of halogens is 1. The van der Waals surface area contributed by atoms with Gasteiger partial charge in [0.15, 0.2) is 0 Å². The molecule has 2 aromatic rings. The molecule has 0 spiro atoms. The lowest BCUT2D eigenvalue weighted by Gasteiger charge is -2.17. The zero-order valence-corrected chi connectivity index (χ0v) is 14.5. The van der Waals surface area contributed by atoms with E-state index < -0.39 is 4.92 Å². The minimum absolute atomic E-state index is 0. The van der Waals surface area contributed by atoms with Gasteiger partial charge in [0.05, 0.1) is 17.0 Å². The lowest BCUT2D eigenvalue weighted by molar-refractivity contribution is -0.385. The van der Waals surface area contributed by atoms with Crippen LogP contribution in [0.2, 0.25) is 0 Å². The van der Waals surface area contributed by atoms with Crippen molar-refractivity contribution < 1.29 is 9.72 Å². The number of nitrogens with one attached hydrogen (secondary N) is 2. The minimum Gasteiger partial charge on any atom is -0.351 e. The molecule has 2 atom stereocenters. The van der Waals surface area contributed by atoms with Crippen LogP contribution in [0.15, 0.2) is 36.7 Å². The molecule has 1 aromatic carbocycles. The van der Waals surface area contributed by atoms with Gasteiger partial charge in [-0.25, -0.2) is 0 Å². The van der Waals surface area contributed by atoms with Crippen molar-refractivity contribution in [1.29, 1.82) is 0 Å². The lowest BCUT2D eigenvalue weighted by Crippen LogP contribution is -2.34. The van der Waals surface area contributed by atoms with Crippen LogP contribution < -0.4 is 10.6 Å². The predicted molar refractivity (Wildman–Crippen MR) is 94.5 cm³/mol. The molecule has 8 nitrogen and oxygen atoms in total. The smallest absolute Gasteiger partial charge is 0.274 e. The van der Waals surface area contributed by atoms with Crippen molar-refractivity contribution in [2.45, 2.75) is 12.5 Å². The molecule has 0 aliphatic carbocycles. The summed E-state index contributed by atoms with van der Waals surface area (Å²) in [7, 11) is 1.84. The Morgan fingerprint density at radius 3 is 2.88 bits per heavy atom. The van der Waals surface area contributed by atoms with Crippen LogP contribution in [0.4, 0.5) is 5.69 Å². The molecule has 1 aromatic heterocycles. The highest BCUT2D eigenvalue weighted by Crippen LogP contribution is 2.28. The summed E-state index contributed by atoms with van der Waals surface area (Å²) in [6.45, 7) is 1.45. The molecule has 134 valence electrons. The van der Waals surface area contributed by atoms with E-state index in [1.165, 1.54) is 6.07 Å². The summed E-state index contributed by atoms with van der Waals surface area (Å²) in [6.07, 6.45) is 3.69. The maximum Gasteiger partial charge on any atom is 0.274 e. The maximum atomic E-state index is 12.5. The fourth-order valence-corrected chi connectivity index (χ4v) is 3.09. The Kier molecular flexibility index (Phi) is 6.11. The lowest BCUT2D eigenvalue weighted by atomic mass is 9.90. The number of nitro benzene ring substituents is 1. The summed E-state index contributed by atoms with van der Waals surface area (Å²) in [5.74, 6) is -0.256. The molecule has 1 saturated heterocycles. The van der Waals surface area contributed by atoms with Gasteiger partial charge >= 0.3 is 0 Å². The number of nitro groups is 1. The molecule has 0 unspecified atom stereocenters. The van der Waals surface area contributed by atoms with Gasteiger partial charge in [0.2, 0.25) is 5.91 Å². The van der Waals surface area contributed by atoms with E-state index >= 15 is 0 Å². The van der Waals surface area contributed by atoms with Crippen LogP contribution in [0, 0.1) is 16.0 Å². The summed E-state index contributed by atoms with van der Waals surface area (Å²) < 4.78 is 1.72. The second kappa shape index (κ2) is 8.09. The van der Waals surface area contributed by atoms with Gasteiger partial charge in [-0.1, -0.05) is 18.2 Å². The maximum absolute atomic E-state index is 12.5. The van der Waals surface area contributed by atoms with Crippen molar-refractivity contribution in [3.05, 3.63) is 57.9 Å². The van der Waals surface area contributed by atoms with E-state index in [1.807, 2.05) is 13.2 Å². The summed E-state index contributed by atoms with van der Waals surface area (Å²) in [6, 6.07) is 6.44. The van der Waals surface area contributed by atoms with Crippen LogP contribution in [-0.4, -0.2) is 33.7 Å². The third-order valence-electron chi connectivity index (χ3n) is 4.35. The first-order chi connectivity index (χ1) is 11.6. The largest absolute Gasteiger partial charge is 0.351 e. The van der Waals surface area contributed by atoms with Crippen LogP contribution in [0.3, 0.4) is 0 Å². The first-order valence-corrected chi connectivity index (χ1v) is 7.75. The molecular weight excluding hydrogens is 346 g/mol. The van der Waals surface area contributed by atoms with Gasteiger partial charge in [0.25, 0.3) is 5.69 Å². The first-order valence-electron chi connectivity index (χ1n) is 7.75. The molecule has 1 aliphatic rings. The number of hydrogen-bond acceptors (Lipinski definition) is 5. The van der Waals surface area contributed by atoms with Crippen LogP contribution in [-0.2, 0) is 18.4 Å². The number of amides is 1. The Bertz CT molecular complexity index is 764. The van der Waals surface area contributed by atoms with Crippen LogP contribution >= 0.6 is 12.4 Å². The quantitative estimate of drug-likeness (QED) is 0.615. The second-order valence-corrected chi connectivity index (χ2v) is 5.92.